The zero-order valence-corrected chi connectivity index (χ0v) is 10.9. The van der Waals surface area contributed by atoms with Crippen LogP contribution in [-0.4, -0.2) is 49.5 Å². The van der Waals surface area contributed by atoms with Crippen LogP contribution in [0.1, 0.15) is 32.1 Å². The second-order valence-corrected chi connectivity index (χ2v) is 7.22. The molecule has 2 aliphatic heterocycles. The van der Waals surface area contributed by atoms with Crippen molar-refractivity contribution >= 4 is 15.8 Å². The summed E-state index contributed by atoms with van der Waals surface area (Å²) >= 11 is 0. The lowest BCUT2D eigenvalue weighted by molar-refractivity contribution is -0.138. The van der Waals surface area contributed by atoms with E-state index >= 15 is 0 Å². The molecule has 104 valence electrons. The second kappa shape index (κ2) is 5.54. The molecular formula is C11H18O6S. The molecule has 0 aromatic carbocycles. The van der Waals surface area contributed by atoms with Crippen molar-refractivity contribution in [3.8, 4) is 0 Å². The van der Waals surface area contributed by atoms with Crippen molar-refractivity contribution in [3.05, 3.63) is 0 Å². The van der Waals surface area contributed by atoms with Crippen LogP contribution in [0.25, 0.3) is 0 Å². The third-order valence-electron chi connectivity index (χ3n) is 3.41. The van der Waals surface area contributed by atoms with Gasteiger partial charge in [-0.1, -0.05) is 0 Å². The van der Waals surface area contributed by atoms with Gasteiger partial charge in [-0.05, 0) is 19.3 Å². The summed E-state index contributed by atoms with van der Waals surface area (Å²) in [4.78, 5) is 10.4. The molecule has 0 aromatic heterocycles. The van der Waals surface area contributed by atoms with E-state index in [4.69, 9.17) is 14.6 Å². The third kappa shape index (κ3) is 3.43. The van der Waals surface area contributed by atoms with Crippen LogP contribution in [0.4, 0.5) is 0 Å². The zero-order valence-electron chi connectivity index (χ0n) is 10.1. The Morgan fingerprint density at radius 2 is 2.17 bits per heavy atom. The van der Waals surface area contributed by atoms with E-state index in [1.807, 2.05) is 0 Å². The molecule has 6 nitrogen and oxygen atoms in total. The lowest BCUT2D eigenvalue weighted by atomic mass is 10.2. The van der Waals surface area contributed by atoms with Crippen molar-refractivity contribution in [1.29, 1.82) is 0 Å². The lowest BCUT2D eigenvalue weighted by Gasteiger charge is -2.15. The van der Waals surface area contributed by atoms with Crippen molar-refractivity contribution in [2.24, 2.45) is 0 Å². The van der Waals surface area contributed by atoms with Crippen LogP contribution in [0, 0.1) is 0 Å². The number of carbonyl (C=O) groups is 1. The number of aliphatic carboxylic acids is 1. The topological polar surface area (TPSA) is 89.9 Å². The van der Waals surface area contributed by atoms with Gasteiger partial charge in [-0.3, -0.25) is 4.79 Å². The summed E-state index contributed by atoms with van der Waals surface area (Å²) in [7, 11) is -2.97. The Morgan fingerprint density at radius 3 is 2.78 bits per heavy atom. The summed E-state index contributed by atoms with van der Waals surface area (Å²) < 4.78 is 34.2. The molecule has 0 radical (unpaired) electrons. The highest BCUT2D eigenvalue weighted by molar-refractivity contribution is 7.92. The van der Waals surface area contributed by atoms with Crippen LogP contribution >= 0.6 is 0 Å². The van der Waals surface area contributed by atoms with Crippen LogP contribution in [-0.2, 0) is 24.1 Å². The molecule has 3 atom stereocenters. The van der Waals surface area contributed by atoms with Gasteiger partial charge in [-0.15, -0.1) is 0 Å². The van der Waals surface area contributed by atoms with E-state index in [1.165, 1.54) is 0 Å². The summed E-state index contributed by atoms with van der Waals surface area (Å²) in [5.74, 6) is -0.604. The molecule has 2 saturated heterocycles. The Morgan fingerprint density at radius 1 is 1.39 bits per heavy atom. The molecule has 0 saturated carbocycles. The summed E-state index contributed by atoms with van der Waals surface area (Å²) in [6.07, 6.45) is 1.47. The predicted molar refractivity (Wildman–Crippen MR) is 62.9 cm³/mol. The Hall–Kier alpha value is -0.660. The first kappa shape index (κ1) is 13.8. The fraction of sp³-hybridized carbons (Fsp3) is 0.909. The Kier molecular flexibility index (Phi) is 4.24. The molecule has 0 bridgehead atoms. The minimum absolute atomic E-state index is 0.0441. The smallest absolute Gasteiger partial charge is 0.303 e. The summed E-state index contributed by atoms with van der Waals surface area (Å²) in [6, 6.07) is 0. The summed E-state index contributed by atoms with van der Waals surface area (Å²) in [5, 5.41) is 8.20. The van der Waals surface area contributed by atoms with Gasteiger partial charge < -0.3 is 14.6 Å². The average molecular weight is 278 g/mol. The number of hydrogen-bond acceptors (Lipinski definition) is 5. The fourth-order valence-corrected chi connectivity index (χ4v) is 4.28. The number of carboxylic acid groups (broad SMARTS) is 1. The van der Waals surface area contributed by atoms with E-state index in [0.29, 0.717) is 32.3 Å². The first-order valence-corrected chi connectivity index (χ1v) is 7.89. The van der Waals surface area contributed by atoms with E-state index in [9.17, 15) is 13.2 Å². The molecule has 0 amide bonds. The first-order chi connectivity index (χ1) is 8.47. The highest BCUT2D eigenvalue weighted by Gasteiger charge is 2.36. The summed E-state index contributed by atoms with van der Waals surface area (Å²) in [5.41, 5.74) is 0. The monoisotopic (exact) mass is 278 g/mol. The third-order valence-corrected chi connectivity index (χ3v) is 5.71. The minimum Gasteiger partial charge on any atom is -0.481 e. The highest BCUT2D eigenvalue weighted by atomic mass is 32.2. The molecule has 7 heteroatoms. The Balaban J connectivity index is 1.77. The molecule has 2 fully saturated rings. The first-order valence-electron chi connectivity index (χ1n) is 6.18. The van der Waals surface area contributed by atoms with Crippen LogP contribution < -0.4 is 0 Å². The molecule has 2 aliphatic rings. The van der Waals surface area contributed by atoms with Gasteiger partial charge in [-0.2, -0.15) is 0 Å². The predicted octanol–water partition coefficient (Wildman–Crippen LogP) is 0.560. The normalized spacial score (nSPS) is 34.8. The molecule has 1 N–H and O–H groups in total. The molecular weight excluding hydrogens is 260 g/mol. The van der Waals surface area contributed by atoms with Crippen molar-refractivity contribution < 1.29 is 27.8 Å². The van der Waals surface area contributed by atoms with Gasteiger partial charge in [0.15, 0.2) is 16.1 Å². The number of carboxylic acids is 1. The van der Waals surface area contributed by atoms with E-state index < -0.39 is 22.1 Å². The molecule has 18 heavy (non-hydrogen) atoms. The van der Waals surface area contributed by atoms with Gasteiger partial charge in [0, 0.05) is 12.8 Å². The minimum atomic E-state index is -2.97. The van der Waals surface area contributed by atoms with Gasteiger partial charge in [0.05, 0.1) is 23.7 Å². The largest absolute Gasteiger partial charge is 0.481 e. The van der Waals surface area contributed by atoms with Crippen LogP contribution in [0.3, 0.4) is 0 Å². The fourth-order valence-electron chi connectivity index (χ4n) is 2.40. The van der Waals surface area contributed by atoms with E-state index in [0.717, 1.165) is 0 Å². The average Bonchev–Trinajstić information content (AvgIpc) is 2.84. The van der Waals surface area contributed by atoms with E-state index in [2.05, 4.69) is 0 Å². The maximum Gasteiger partial charge on any atom is 0.303 e. The molecule has 3 unspecified atom stereocenters. The van der Waals surface area contributed by atoms with Crippen LogP contribution in [0.15, 0.2) is 0 Å². The molecule has 0 spiro atoms. The standard InChI is InChI=1S/C11H18O6S/c12-10(13)4-3-8-7-16-11(17-8)6-9-2-1-5-18(9,14)15/h8-9,11H,1-7H2,(H,12,13). The molecule has 2 rings (SSSR count). The van der Waals surface area contributed by atoms with Crippen molar-refractivity contribution in [2.45, 2.75) is 49.7 Å². The number of sulfone groups is 1. The second-order valence-electron chi connectivity index (χ2n) is 4.82. The van der Waals surface area contributed by atoms with Gasteiger partial charge in [0.2, 0.25) is 0 Å². The lowest BCUT2D eigenvalue weighted by Crippen LogP contribution is -2.24. The van der Waals surface area contributed by atoms with Crippen LogP contribution in [0.5, 0.6) is 0 Å². The maximum atomic E-state index is 11.7. The van der Waals surface area contributed by atoms with Crippen molar-refractivity contribution in [2.75, 3.05) is 12.4 Å². The van der Waals surface area contributed by atoms with Crippen molar-refractivity contribution in [3.63, 3.8) is 0 Å². The molecule has 0 aliphatic carbocycles. The zero-order chi connectivity index (χ0) is 13.2. The Labute approximate surface area is 106 Å². The van der Waals surface area contributed by atoms with E-state index in [-0.39, 0.29) is 23.5 Å². The SMILES string of the molecule is O=C(O)CCC1COC(CC2CCCS2(=O)=O)O1. The number of rotatable bonds is 5. The molecule has 2 heterocycles. The Bertz CT molecular complexity index is 404. The van der Waals surface area contributed by atoms with Gasteiger partial charge >= 0.3 is 5.97 Å². The molecule has 0 aromatic rings. The van der Waals surface area contributed by atoms with Gasteiger partial charge in [0.1, 0.15) is 0 Å². The van der Waals surface area contributed by atoms with Gasteiger partial charge in [0.25, 0.3) is 0 Å². The van der Waals surface area contributed by atoms with Crippen LogP contribution in [0.2, 0.25) is 0 Å². The number of hydrogen-bond donors (Lipinski definition) is 1. The van der Waals surface area contributed by atoms with E-state index in [1.54, 1.807) is 0 Å². The quantitative estimate of drug-likeness (QED) is 0.790. The number of ether oxygens (including phenoxy) is 2. The summed E-state index contributed by atoms with van der Waals surface area (Å²) in [6.45, 7) is 0.352. The van der Waals surface area contributed by atoms with Gasteiger partial charge in [-0.25, -0.2) is 8.42 Å². The maximum absolute atomic E-state index is 11.7. The highest BCUT2D eigenvalue weighted by Crippen LogP contribution is 2.28. The van der Waals surface area contributed by atoms with Crippen molar-refractivity contribution in [1.82, 2.24) is 0 Å².